The SMILES string of the molecule is Cc1ccc(N(CC(=O)c2ccc(Cl)c(Cl)c2)C2=NCCCS2)cc1. The minimum Gasteiger partial charge on any atom is -0.313 e. The van der Waals surface area contributed by atoms with E-state index in [1.807, 2.05) is 36.1 Å². The Kier molecular flexibility index (Phi) is 6.05. The third kappa shape index (κ3) is 4.57. The van der Waals surface area contributed by atoms with E-state index in [0.717, 1.165) is 29.6 Å². The molecule has 0 saturated heterocycles. The molecule has 0 fully saturated rings. The number of hydrogen-bond donors (Lipinski definition) is 0. The molecule has 1 heterocycles. The number of halogens is 2. The van der Waals surface area contributed by atoms with Gasteiger partial charge in [0, 0.05) is 23.5 Å². The van der Waals surface area contributed by atoms with Gasteiger partial charge in [0.15, 0.2) is 11.0 Å². The van der Waals surface area contributed by atoms with Gasteiger partial charge in [0.05, 0.1) is 16.6 Å². The van der Waals surface area contributed by atoms with Crippen molar-refractivity contribution in [2.24, 2.45) is 4.99 Å². The molecule has 0 aliphatic carbocycles. The zero-order chi connectivity index (χ0) is 17.8. The van der Waals surface area contributed by atoms with Crippen LogP contribution >= 0.6 is 35.0 Å². The highest BCUT2D eigenvalue weighted by molar-refractivity contribution is 8.14. The molecule has 2 aromatic rings. The van der Waals surface area contributed by atoms with Crippen LogP contribution in [0, 0.1) is 6.92 Å². The summed E-state index contributed by atoms with van der Waals surface area (Å²) in [6.45, 7) is 3.06. The minimum absolute atomic E-state index is 0.0204. The van der Waals surface area contributed by atoms with Crippen LogP contribution in [0.4, 0.5) is 5.69 Å². The number of rotatable bonds is 4. The van der Waals surface area contributed by atoms with Crippen molar-refractivity contribution in [3.05, 3.63) is 63.6 Å². The molecule has 0 unspecified atom stereocenters. The van der Waals surface area contributed by atoms with Gasteiger partial charge in [0.1, 0.15) is 0 Å². The van der Waals surface area contributed by atoms with E-state index in [9.17, 15) is 4.79 Å². The van der Waals surface area contributed by atoms with E-state index in [1.54, 1.807) is 30.0 Å². The molecule has 6 heteroatoms. The second kappa shape index (κ2) is 8.26. The second-order valence-electron chi connectivity index (χ2n) is 5.84. The number of hydrogen-bond acceptors (Lipinski definition) is 4. The fourth-order valence-corrected chi connectivity index (χ4v) is 3.77. The van der Waals surface area contributed by atoms with Crippen LogP contribution in [0.2, 0.25) is 10.0 Å². The van der Waals surface area contributed by atoms with Gasteiger partial charge in [0.2, 0.25) is 0 Å². The Labute approximate surface area is 162 Å². The number of anilines is 1. The Morgan fingerprint density at radius 3 is 2.56 bits per heavy atom. The Bertz CT molecular complexity index is 806. The zero-order valence-corrected chi connectivity index (χ0v) is 16.2. The topological polar surface area (TPSA) is 32.7 Å². The molecular weight excluding hydrogens is 375 g/mol. The van der Waals surface area contributed by atoms with Gasteiger partial charge in [-0.2, -0.15) is 0 Å². The lowest BCUT2D eigenvalue weighted by atomic mass is 10.1. The monoisotopic (exact) mass is 392 g/mol. The zero-order valence-electron chi connectivity index (χ0n) is 13.8. The summed E-state index contributed by atoms with van der Waals surface area (Å²) >= 11 is 13.7. The number of benzene rings is 2. The van der Waals surface area contributed by atoms with Gasteiger partial charge in [-0.05, 0) is 43.7 Å². The van der Waals surface area contributed by atoms with E-state index in [2.05, 4.69) is 4.99 Å². The van der Waals surface area contributed by atoms with E-state index >= 15 is 0 Å². The minimum atomic E-state index is -0.0204. The summed E-state index contributed by atoms with van der Waals surface area (Å²) in [6.07, 6.45) is 1.07. The van der Waals surface area contributed by atoms with Crippen LogP contribution in [0.15, 0.2) is 47.5 Å². The third-order valence-corrected chi connectivity index (χ3v) is 5.74. The van der Waals surface area contributed by atoms with Crippen molar-refractivity contribution >= 4 is 51.6 Å². The average Bonchev–Trinajstić information content (AvgIpc) is 2.63. The number of aliphatic imine (C=N–C) groups is 1. The van der Waals surface area contributed by atoms with E-state index < -0.39 is 0 Å². The van der Waals surface area contributed by atoms with Gasteiger partial charge in [-0.15, -0.1) is 0 Å². The number of nitrogens with zero attached hydrogens (tertiary/aromatic N) is 2. The van der Waals surface area contributed by atoms with Crippen molar-refractivity contribution in [3.63, 3.8) is 0 Å². The molecule has 2 aromatic carbocycles. The molecule has 0 bridgehead atoms. The van der Waals surface area contributed by atoms with E-state index in [1.165, 1.54) is 5.56 Å². The van der Waals surface area contributed by atoms with Gasteiger partial charge in [-0.1, -0.05) is 52.7 Å². The lowest BCUT2D eigenvalue weighted by Gasteiger charge is -2.27. The fraction of sp³-hybridized carbons (Fsp3) is 0.263. The van der Waals surface area contributed by atoms with Crippen LogP contribution in [0.5, 0.6) is 0 Å². The molecule has 1 aliphatic rings. The highest BCUT2D eigenvalue weighted by Crippen LogP contribution is 2.26. The summed E-state index contributed by atoms with van der Waals surface area (Å²) in [4.78, 5) is 19.4. The van der Waals surface area contributed by atoms with Gasteiger partial charge in [-0.25, -0.2) is 0 Å². The molecule has 0 N–H and O–H groups in total. The Morgan fingerprint density at radius 1 is 1.16 bits per heavy atom. The maximum atomic E-state index is 12.8. The predicted molar refractivity (Wildman–Crippen MR) is 109 cm³/mol. The molecular formula is C19H18Cl2N2OS. The first-order valence-electron chi connectivity index (χ1n) is 8.04. The first kappa shape index (κ1) is 18.3. The number of carbonyl (C=O) groups excluding carboxylic acids is 1. The maximum Gasteiger partial charge on any atom is 0.182 e. The van der Waals surface area contributed by atoms with Crippen molar-refractivity contribution in [1.82, 2.24) is 0 Å². The summed E-state index contributed by atoms with van der Waals surface area (Å²) in [7, 11) is 0. The Balaban J connectivity index is 1.88. The predicted octanol–water partition coefficient (Wildman–Crippen LogP) is 5.48. The molecule has 25 heavy (non-hydrogen) atoms. The van der Waals surface area contributed by atoms with Crippen LogP contribution in [-0.4, -0.2) is 29.8 Å². The van der Waals surface area contributed by atoms with Gasteiger partial charge in [0.25, 0.3) is 0 Å². The number of Topliss-reactive ketones (excluding diaryl/α,β-unsaturated/α-hetero) is 1. The molecule has 0 atom stereocenters. The summed E-state index contributed by atoms with van der Waals surface area (Å²) in [5, 5.41) is 1.73. The normalized spacial score (nSPS) is 14.1. The second-order valence-corrected chi connectivity index (χ2v) is 7.72. The Hall–Kier alpha value is -1.49. The molecule has 1 aliphatic heterocycles. The lowest BCUT2D eigenvalue weighted by Crippen LogP contribution is -2.35. The van der Waals surface area contributed by atoms with Gasteiger partial charge in [-0.3, -0.25) is 9.79 Å². The van der Waals surface area contributed by atoms with Gasteiger partial charge < -0.3 is 4.90 Å². The molecule has 0 amide bonds. The summed E-state index contributed by atoms with van der Waals surface area (Å²) in [6, 6.07) is 13.1. The fourth-order valence-electron chi connectivity index (χ4n) is 2.51. The number of aryl methyl sites for hydroxylation is 1. The Morgan fingerprint density at radius 2 is 1.92 bits per heavy atom. The number of ketones is 1. The summed E-state index contributed by atoms with van der Waals surface area (Å²) in [5.41, 5.74) is 2.69. The number of amidine groups is 1. The van der Waals surface area contributed by atoms with Crippen LogP contribution in [0.3, 0.4) is 0 Å². The largest absolute Gasteiger partial charge is 0.313 e. The quantitative estimate of drug-likeness (QED) is 0.645. The molecule has 3 rings (SSSR count). The molecule has 0 spiro atoms. The lowest BCUT2D eigenvalue weighted by molar-refractivity contribution is 0.100. The average molecular weight is 393 g/mol. The molecule has 0 aromatic heterocycles. The maximum absolute atomic E-state index is 12.8. The van der Waals surface area contributed by atoms with E-state index in [4.69, 9.17) is 23.2 Å². The number of carbonyl (C=O) groups is 1. The number of thioether (sulfide) groups is 1. The van der Waals surface area contributed by atoms with Gasteiger partial charge >= 0.3 is 0 Å². The molecule has 0 radical (unpaired) electrons. The molecule has 3 nitrogen and oxygen atoms in total. The first-order chi connectivity index (χ1) is 12.0. The highest BCUT2D eigenvalue weighted by atomic mass is 35.5. The van der Waals surface area contributed by atoms with Crippen molar-refractivity contribution < 1.29 is 4.79 Å². The highest BCUT2D eigenvalue weighted by Gasteiger charge is 2.21. The van der Waals surface area contributed by atoms with Crippen molar-refractivity contribution in [1.29, 1.82) is 0 Å². The molecule has 130 valence electrons. The molecule has 0 saturated carbocycles. The summed E-state index contributed by atoms with van der Waals surface area (Å²) in [5.74, 6) is 0.996. The van der Waals surface area contributed by atoms with Crippen molar-refractivity contribution in [3.8, 4) is 0 Å². The van der Waals surface area contributed by atoms with Crippen LogP contribution in [0.1, 0.15) is 22.3 Å². The first-order valence-corrected chi connectivity index (χ1v) is 9.78. The van der Waals surface area contributed by atoms with E-state index in [0.29, 0.717) is 15.6 Å². The van der Waals surface area contributed by atoms with Crippen LogP contribution in [-0.2, 0) is 0 Å². The van der Waals surface area contributed by atoms with E-state index in [-0.39, 0.29) is 12.3 Å². The van der Waals surface area contributed by atoms with Crippen molar-refractivity contribution in [2.75, 3.05) is 23.7 Å². The van der Waals surface area contributed by atoms with Crippen LogP contribution < -0.4 is 4.90 Å². The van der Waals surface area contributed by atoms with Crippen LogP contribution in [0.25, 0.3) is 0 Å². The summed E-state index contributed by atoms with van der Waals surface area (Å²) < 4.78 is 0. The van der Waals surface area contributed by atoms with Crippen molar-refractivity contribution in [2.45, 2.75) is 13.3 Å². The standard InChI is InChI=1S/C19H18Cl2N2OS/c1-13-3-6-15(7-4-13)23(19-22-9-2-10-25-19)12-18(24)14-5-8-16(20)17(21)11-14/h3-8,11H,2,9-10,12H2,1H3. The smallest absolute Gasteiger partial charge is 0.182 e. The third-order valence-electron chi connectivity index (χ3n) is 3.90.